The second-order valence-corrected chi connectivity index (χ2v) is 30.0. The quantitative estimate of drug-likeness (QED) is 0.116. The molecular formula is C56H64Cl2SiZr-2. The zero-order valence-electron chi connectivity index (χ0n) is 36.4. The van der Waals surface area contributed by atoms with Gasteiger partial charge in [0, 0.05) is 0 Å². The summed E-state index contributed by atoms with van der Waals surface area (Å²) in [7, 11) is 0. The van der Waals surface area contributed by atoms with E-state index < -0.39 is 0 Å². The Balaban J connectivity index is 0.000000148. The molecule has 0 saturated heterocycles. The fourth-order valence-corrected chi connectivity index (χ4v) is 14.1. The van der Waals surface area contributed by atoms with Crippen molar-refractivity contribution in [2.24, 2.45) is 59.2 Å². The predicted molar refractivity (Wildman–Crippen MR) is 245 cm³/mol. The van der Waals surface area contributed by atoms with Gasteiger partial charge in [0.15, 0.2) is 0 Å². The van der Waals surface area contributed by atoms with Crippen LogP contribution in [-0.4, -0.2) is 5.43 Å². The zero-order valence-corrected chi connectivity index (χ0v) is 41.4. The van der Waals surface area contributed by atoms with Crippen LogP contribution in [0.2, 0.25) is 13.1 Å². The van der Waals surface area contributed by atoms with Gasteiger partial charge in [-0.25, -0.2) is 0 Å². The second-order valence-electron chi connectivity index (χ2n) is 20.7. The zero-order chi connectivity index (χ0) is 39.5. The van der Waals surface area contributed by atoms with Crippen molar-refractivity contribution in [3.05, 3.63) is 131 Å². The molecule has 0 aliphatic heterocycles. The number of benzene rings is 4. The molecule has 0 unspecified atom stereocenters. The minimum Gasteiger partial charge on any atom is -1.00 e. The first-order valence-electron chi connectivity index (χ1n) is 23.2. The Morgan fingerprint density at radius 2 is 0.800 bits per heavy atom. The van der Waals surface area contributed by atoms with Crippen molar-refractivity contribution in [1.29, 1.82) is 0 Å². The molecule has 0 N–H and O–H groups in total. The minimum absolute atomic E-state index is 0. The summed E-state index contributed by atoms with van der Waals surface area (Å²) in [5.74, 6) is 10.3. The molecule has 0 heterocycles. The van der Waals surface area contributed by atoms with E-state index in [9.17, 15) is 0 Å². The summed E-state index contributed by atoms with van der Waals surface area (Å²) in [6.07, 6.45) is 18.0. The third kappa shape index (κ3) is 9.35. The predicted octanol–water partition coefficient (Wildman–Crippen LogP) is 9.09. The van der Waals surface area contributed by atoms with Crippen LogP contribution in [-0.2, 0) is 36.2 Å². The fraction of sp³-hybridized carbons (Fsp3) is 0.464. The van der Waals surface area contributed by atoms with E-state index >= 15 is 0 Å². The van der Waals surface area contributed by atoms with Gasteiger partial charge in [0.25, 0.3) is 0 Å². The van der Waals surface area contributed by atoms with Crippen molar-refractivity contribution >= 4 is 27.0 Å². The van der Waals surface area contributed by atoms with Crippen molar-refractivity contribution in [1.82, 2.24) is 0 Å². The summed E-state index contributed by atoms with van der Waals surface area (Å²) in [5.41, 5.74) is 11.5. The first-order valence-corrected chi connectivity index (χ1v) is 29.4. The molecule has 6 aromatic carbocycles. The Bertz CT molecular complexity index is 2170. The van der Waals surface area contributed by atoms with Crippen molar-refractivity contribution in [3.63, 3.8) is 0 Å². The molecule has 0 atom stereocenters. The SMILES string of the molecule is C[Si](C)=[Zr+2].Cc1ccc(-c2cccc3[cH-]c(CC4C5CC6CC(C5)CC4C6)cc23)cc1.Cc1ccc(-c2cccc3[cH-]c(CC4C5CC6CC(C5)CC4C6)cc23)cc1.[Cl-].[Cl-]. The second kappa shape index (κ2) is 18.9. The van der Waals surface area contributed by atoms with Crippen molar-refractivity contribution in [2.75, 3.05) is 0 Å². The molecule has 0 amide bonds. The summed E-state index contributed by atoms with van der Waals surface area (Å²) >= 11 is 1.74. The first-order chi connectivity index (χ1) is 28.2. The van der Waals surface area contributed by atoms with Gasteiger partial charge in [-0.15, -0.1) is 69.1 Å². The third-order valence-corrected chi connectivity index (χ3v) is 16.1. The molecule has 8 saturated carbocycles. The van der Waals surface area contributed by atoms with Gasteiger partial charge in [-0.3, -0.25) is 0 Å². The minimum atomic E-state index is 0. The number of aryl methyl sites for hydroxylation is 2. The third-order valence-electron chi connectivity index (χ3n) is 16.1. The number of halogens is 2. The molecule has 6 aromatic rings. The van der Waals surface area contributed by atoms with E-state index in [-0.39, 0.29) is 30.2 Å². The Morgan fingerprint density at radius 1 is 0.483 bits per heavy atom. The van der Waals surface area contributed by atoms with E-state index in [0.717, 1.165) is 59.2 Å². The molecule has 312 valence electrons. The Labute approximate surface area is 389 Å². The van der Waals surface area contributed by atoms with E-state index in [1.165, 1.54) is 119 Å². The maximum absolute atomic E-state index is 2.51. The number of rotatable bonds is 6. The Kier molecular flexibility index (Phi) is 14.0. The number of hydrogen-bond donors (Lipinski definition) is 0. The van der Waals surface area contributed by atoms with E-state index in [4.69, 9.17) is 0 Å². The van der Waals surface area contributed by atoms with E-state index in [1.807, 2.05) is 0 Å². The van der Waals surface area contributed by atoms with Crippen LogP contribution < -0.4 is 24.8 Å². The van der Waals surface area contributed by atoms with Crippen LogP contribution in [0.15, 0.2) is 109 Å². The topological polar surface area (TPSA) is 0 Å². The first kappa shape index (κ1) is 44.4. The van der Waals surface area contributed by atoms with Crippen LogP contribution in [0.4, 0.5) is 0 Å². The van der Waals surface area contributed by atoms with Crippen molar-refractivity contribution in [3.8, 4) is 22.3 Å². The van der Waals surface area contributed by atoms with Crippen LogP contribution in [0.5, 0.6) is 0 Å². The van der Waals surface area contributed by atoms with Crippen LogP contribution in [0.25, 0.3) is 43.8 Å². The number of hydrogen-bond acceptors (Lipinski definition) is 0. The Hall–Kier alpha value is -2.22. The van der Waals surface area contributed by atoms with Gasteiger partial charge in [-0.05, 0) is 161 Å². The smallest absolute Gasteiger partial charge is 0.0279 e. The number of fused-ring (bicyclic) bond motifs is 2. The van der Waals surface area contributed by atoms with Crippen LogP contribution in [0, 0.1) is 73.0 Å². The molecule has 60 heavy (non-hydrogen) atoms. The van der Waals surface area contributed by atoms with Crippen LogP contribution >= 0.6 is 0 Å². The van der Waals surface area contributed by atoms with E-state index in [0.29, 0.717) is 0 Å². The molecular weight excluding hydrogens is 863 g/mol. The molecule has 8 aliphatic carbocycles. The average Bonchev–Trinajstić information content (AvgIpc) is 3.82. The van der Waals surface area contributed by atoms with Crippen molar-refractivity contribution in [2.45, 2.75) is 104 Å². The van der Waals surface area contributed by atoms with Gasteiger partial charge in [-0.1, -0.05) is 82.9 Å². The monoisotopic (exact) mass is 924 g/mol. The summed E-state index contributed by atoms with van der Waals surface area (Å²) in [5, 5.41) is 5.74. The van der Waals surface area contributed by atoms with E-state index in [2.05, 4.69) is 136 Å². The van der Waals surface area contributed by atoms with Gasteiger partial charge in [0.2, 0.25) is 0 Å². The molecule has 0 radical (unpaired) electrons. The molecule has 8 bridgehead atoms. The molecule has 14 rings (SSSR count). The van der Waals surface area contributed by atoms with Gasteiger partial charge in [0.05, 0.1) is 0 Å². The summed E-state index contributed by atoms with van der Waals surface area (Å²) in [6, 6.07) is 41.6. The molecule has 0 spiro atoms. The van der Waals surface area contributed by atoms with Gasteiger partial charge >= 0.3 is 41.9 Å². The van der Waals surface area contributed by atoms with Crippen LogP contribution in [0.3, 0.4) is 0 Å². The van der Waals surface area contributed by atoms with Gasteiger partial charge in [0.1, 0.15) is 0 Å². The van der Waals surface area contributed by atoms with Crippen LogP contribution in [0.1, 0.15) is 86.5 Å². The Morgan fingerprint density at radius 3 is 1.12 bits per heavy atom. The maximum Gasteiger partial charge on any atom is -0.0279 e. The van der Waals surface area contributed by atoms with E-state index in [1.54, 1.807) is 47.3 Å². The molecule has 8 aliphatic rings. The molecule has 0 aromatic heterocycles. The fourth-order valence-electron chi connectivity index (χ4n) is 14.1. The maximum atomic E-state index is 2.51. The van der Waals surface area contributed by atoms with Gasteiger partial charge < -0.3 is 24.8 Å². The average molecular weight is 927 g/mol. The normalized spacial score (nSPS) is 29.0. The van der Waals surface area contributed by atoms with Crippen molar-refractivity contribution < 1.29 is 48.1 Å². The standard InChI is InChI=1S/2C27H29.C2H6Si.2ClH.Zr/c2*1-17-5-7-21(8-6-17)25-4-2-3-22-10-20(16-27(22)25)15-26-23-11-18-9-19(13-23)14-24(26)12-18;1-3-2;;;/h2*2-8,10,16,18-19,23-24,26H,9,11-15H2,1H3;1-2H3;2*1H;/q2*-1;;;;+2/p-2. The largest absolute Gasteiger partial charge is 1.00 e. The molecule has 4 heteroatoms. The summed E-state index contributed by atoms with van der Waals surface area (Å²) in [4.78, 5) is 0. The van der Waals surface area contributed by atoms with Gasteiger partial charge in [-0.2, -0.15) is 12.1 Å². The molecule has 0 nitrogen and oxygen atoms in total. The summed E-state index contributed by atoms with van der Waals surface area (Å²) in [6.45, 7) is 8.94. The molecule has 8 fully saturated rings. The summed E-state index contributed by atoms with van der Waals surface area (Å²) < 4.78 is 0.